The second-order valence-electron chi connectivity index (χ2n) is 5.09. The molecule has 1 fully saturated rings. The van der Waals surface area contributed by atoms with E-state index in [0.717, 1.165) is 25.7 Å². The summed E-state index contributed by atoms with van der Waals surface area (Å²) < 4.78 is 5.15. The van der Waals surface area contributed by atoms with E-state index in [1.807, 2.05) is 13.8 Å². The van der Waals surface area contributed by atoms with E-state index in [-0.39, 0.29) is 29.4 Å². The van der Waals surface area contributed by atoms with Crippen LogP contribution in [0.15, 0.2) is 10.7 Å². The van der Waals surface area contributed by atoms with Gasteiger partial charge in [-0.2, -0.15) is 4.98 Å². The highest BCUT2D eigenvalue weighted by molar-refractivity contribution is 5.94. The quantitative estimate of drug-likeness (QED) is 0.830. The molecule has 1 heterocycles. The maximum atomic E-state index is 12.3. The SMILES string of the molecule is CCCN(CCC)C(=O)c1coc(NC(=O)C2CC2)n1. The smallest absolute Gasteiger partial charge is 0.302 e. The molecule has 0 saturated heterocycles. The Hall–Kier alpha value is -1.85. The lowest BCUT2D eigenvalue weighted by Gasteiger charge is -2.19. The lowest BCUT2D eigenvalue weighted by molar-refractivity contribution is -0.117. The monoisotopic (exact) mass is 279 g/mol. The van der Waals surface area contributed by atoms with Crippen molar-refractivity contribution in [2.24, 2.45) is 5.92 Å². The van der Waals surface area contributed by atoms with Crippen LogP contribution in [0.25, 0.3) is 0 Å². The Bertz CT molecular complexity index is 474. The Morgan fingerprint density at radius 1 is 1.35 bits per heavy atom. The Morgan fingerprint density at radius 3 is 2.55 bits per heavy atom. The van der Waals surface area contributed by atoms with Gasteiger partial charge in [-0.15, -0.1) is 0 Å². The van der Waals surface area contributed by atoms with Crippen LogP contribution in [0.4, 0.5) is 6.01 Å². The summed E-state index contributed by atoms with van der Waals surface area (Å²) >= 11 is 0. The molecule has 0 atom stereocenters. The fraction of sp³-hybridized carbons (Fsp3) is 0.643. The minimum atomic E-state index is -0.149. The van der Waals surface area contributed by atoms with Crippen LogP contribution in [0.1, 0.15) is 50.0 Å². The van der Waals surface area contributed by atoms with Gasteiger partial charge in [0.2, 0.25) is 5.91 Å². The summed E-state index contributed by atoms with van der Waals surface area (Å²) in [6.45, 7) is 5.45. The van der Waals surface area contributed by atoms with Gasteiger partial charge in [-0.25, -0.2) is 0 Å². The molecular formula is C14H21N3O3. The second kappa shape index (κ2) is 6.54. The van der Waals surface area contributed by atoms with E-state index in [4.69, 9.17) is 4.42 Å². The number of nitrogens with one attached hydrogen (secondary N) is 1. The van der Waals surface area contributed by atoms with E-state index in [2.05, 4.69) is 10.3 Å². The van der Waals surface area contributed by atoms with E-state index in [9.17, 15) is 9.59 Å². The van der Waals surface area contributed by atoms with Crippen LogP contribution in [-0.4, -0.2) is 34.8 Å². The number of carbonyl (C=O) groups is 2. The maximum absolute atomic E-state index is 12.3. The minimum Gasteiger partial charge on any atom is -0.431 e. The lowest BCUT2D eigenvalue weighted by atomic mass is 10.3. The van der Waals surface area contributed by atoms with Gasteiger partial charge in [-0.1, -0.05) is 13.8 Å². The van der Waals surface area contributed by atoms with E-state index in [1.54, 1.807) is 4.90 Å². The van der Waals surface area contributed by atoms with Crippen molar-refractivity contribution in [3.05, 3.63) is 12.0 Å². The number of nitrogens with zero attached hydrogens (tertiary/aromatic N) is 2. The molecule has 0 aliphatic heterocycles. The van der Waals surface area contributed by atoms with Gasteiger partial charge in [0.05, 0.1) is 0 Å². The maximum Gasteiger partial charge on any atom is 0.302 e. The molecule has 0 unspecified atom stereocenters. The zero-order valence-corrected chi connectivity index (χ0v) is 12.0. The van der Waals surface area contributed by atoms with Crippen molar-refractivity contribution in [3.63, 3.8) is 0 Å². The molecule has 0 aromatic carbocycles. The molecule has 6 nitrogen and oxygen atoms in total. The van der Waals surface area contributed by atoms with Crippen LogP contribution in [0.3, 0.4) is 0 Å². The molecule has 0 spiro atoms. The molecule has 20 heavy (non-hydrogen) atoms. The van der Waals surface area contributed by atoms with Crippen molar-refractivity contribution < 1.29 is 14.0 Å². The molecule has 6 heteroatoms. The first-order valence-electron chi connectivity index (χ1n) is 7.21. The zero-order chi connectivity index (χ0) is 14.5. The number of hydrogen-bond acceptors (Lipinski definition) is 4. The third kappa shape index (κ3) is 3.59. The van der Waals surface area contributed by atoms with Gasteiger partial charge in [0.1, 0.15) is 6.26 Å². The van der Waals surface area contributed by atoms with Crippen LogP contribution >= 0.6 is 0 Å². The molecule has 1 aliphatic rings. The van der Waals surface area contributed by atoms with Crippen molar-refractivity contribution >= 4 is 17.8 Å². The molecule has 1 aliphatic carbocycles. The highest BCUT2D eigenvalue weighted by Gasteiger charge is 2.30. The third-order valence-corrected chi connectivity index (χ3v) is 3.18. The fourth-order valence-electron chi connectivity index (χ4n) is 2.00. The fourth-order valence-corrected chi connectivity index (χ4v) is 2.00. The predicted molar refractivity (Wildman–Crippen MR) is 74.3 cm³/mol. The molecule has 0 bridgehead atoms. The van der Waals surface area contributed by atoms with Crippen LogP contribution in [0, 0.1) is 5.92 Å². The average molecular weight is 279 g/mol. The third-order valence-electron chi connectivity index (χ3n) is 3.18. The van der Waals surface area contributed by atoms with E-state index >= 15 is 0 Å². The van der Waals surface area contributed by atoms with Crippen LogP contribution in [0.5, 0.6) is 0 Å². The van der Waals surface area contributed by atoms with Gasteiger partial charge in [0, 0.05) is 19.0 Å². The number of amides is 2. The van der Waals surface area contributed by atoms with Gasteiger partial charge in [0.25, 0.3) is 5.91 Å². The van der Waals surface area contributed by atoms with Crippen molar-refractivity contribution in [2.45, 2.75) is 39.5 Å². The van der Waals surface area contributed by atoms with Gasteiger partial charge in [0.15, 0.2) is 5.69 Å². The second-order valence-corrected chi connectivity index (χ2v) is 5.09. The van der Waals surface area contributed by atoms with E-state index in [1.165, 1.54) is 6.26 Å². The molecular weight excluding hydrogens is 258 g/mol. The summed E-state index contributed by atoms with van der Waals surface area (Å²) in [6, 6.07) is 0.109. The standard InChI is InChI=1S/C14H21N3O3/c1-3-7-17(8-4-2)13(19)11-9-20-14(15-11)16-12(18)10-5-6-10/h9-10H,3-8H2,1-2H3,(H,15,16,18). The van der Waals surface area contributed by atoms with Crippen molar-refractivity contribution in [2.75, 3.05) is 18.4 Å². The Labute approximate surface area is 118 Å². The van der Waals surface area contributed by atoms with Crippen LogP contribution < -0.4 is 5.32 Å². The van der Waals surface area contributed by atoms with Crippen LogP contribution in [-0.2, 0) is 4.79 Å². The number of carbonyl (C=O) groups excluding carboxylic acids is 2. The number of hydrogen-bond donors (Lipinski definition) is 1. The number of oxazole rings is 1. The molecule has 1 N–H and O–H groups in total. The number of rotatable bonds is 7. The van der Waals surface area contributed by atoms with Gasteiger partial charge in [-0.3, -0.25) is 14.9 Å². The van der Waals surface area contributed by atoms with E-state index < -0.39 is 0 Å². The van der Waals surface area contributed by atoms with Gasteiger partial charge in [-0.05, 0) is 25.7 Å². The van der Waals surface area contributed by atoms with E-state index in [0.29, 0.717) is 13.1 Å². The summed E-state index contributed by atoms with van der Waals surface area (Å²) in [5.41, 5.74) is 0.248. The van der Waals surface area contributed by atoms with Crippen LogP contribution in [0.2, 0.25) is 0 Å². The van der Waals surface area contributed by atoms with Crippen molar-refractivity contribution in [1.29, 1.82) is 0 Å². The lowest BCUT2D eigenvalue weighted by Crippen LogP contribution is -2.32. The number of aromatic nitrogens is 1. The topological polar surface area (TPSA) is 75.4 Å². The minimum absolute atomic E-state index is 0.0789. The molecule has 2 rings (SSSR count). The molecule has 0 radical (unpaired) electrons. The molecule has 1 aromatic heterocycles. The summed E-state index contributed by atoms with van der Waals surface area (Å²) in [5, 5.41) is 2.59. The van der Waals surface area contributed by atoms with Crippen molar-refractivity contribution in [1.82, 2.24) is 9.88 Å². The molecule has 2 amide bonds. The summed E-state index contributed by atoms with van der Waals surface area (Å²) in [7, 11) is 0. The molecule has 1 aromatic rings. The Morgan fingerprint density at radius 2 is 2.00 bits per heavy atom. The zero-order valence-electron chi connectivity index (χ0n) is 12.0. The highest BCUT2D eigenvalue weighted by Crippen LogP contribution is 2.30. The first kappa shape index (κ1) is 14.6. The van der Waals surface area contributed by atoms with Gasteiger partial charge >= 0.3 is 6.01 Å². The normalized spacial score (nSPS) is 14.1. The van der Waals surface area contributed by atoms with Gasteiger partial charge < -0.3 is 9.32 Å². The summed E-state index contributed by atoms with van der Waals surface area (Å²) in [5.74, 6) is -0.146. The first-order valence-corrected chi connectivity index (χ1v) is 7.21. The summed E-state index contributed by atoms with van der Waals surface area (Å²) in [4.78, 5) is 29.7. The predicted octanol–water partition coefficient (Wildman–Crippen LogP) is 2.29. The Balaban J connectivity index is 1.98. The van der Waals surface area contributed by atoms with Crippen molar-refractivity contribution in [3.8, 4) is 0 Å². The number of anilines is 1. The molecule has 110 valence electrons. The summed E-state index contributed by atoms with van der Waals surface area (Å²) in [6.07, 6.45) is 4.94. The largest absolute Gasteiger partial charge is 0.431 e. The highest BCUT2D eigenvalue weighted by atomic mass is 16.4. The molecule has 1 saturated carbocycles. The average Bonchev–Trinajstić information content (AvgIpc) is 3.19. The first-order chi connectivity index (χ1) is 9.65. The Kier molecular flexibility index (Phi) is 4.76.